The first-order valence-corrected chi connectivity index (χ1v) is 12.0. The van der Waals surface area contributed by atoms with E-state index >= 15 is 0 Å². The Labute approximate surface area is 202 Å². The van der Waals surface area contributed by atoms with E-state index in [4.69, 9.17) is 9.72 Å². The molecule has 0 radical (unpaired) electrons. The Morgan fingerprint density at radius 2 is 2.06 bits per heavy atom. The van der Waals surface area contributed by atoms with E-state index in [9.17, 15) is 4.79 Å². The second-order valence-corrected chi connectivity index (χ2v) is 9.27. The quantitative estimate of drug-likeness (QED) is 0.393. The van der Waals surface area contributed by atoms with Crippen LogP contribution < -0.4 is 10.2 Å². The van der Waals surface area contributed by atoms with Crippen molar-refractivity contribution in [3.05, 3.63) is 65.9 Å². The van der Waals surface area contributed by atoms with Crippen molar-refractivity contribution in [2.45, 2.75) is 13.0 Å². The van der Waals surface area contributed by atoms with Gasteiger partial charge in [-0.1, -0.05) is 29.0 Å². The van der Waals surface area contributed by atoms with E-state index in [1.165, 1.54) is 16.9 Å². The average Bonchev–Trinajstić information content (AvgIpc) is 3.26. The van der Waals surface area contributed by atoms with Gasteiger partial charge in [0, 0.05) is 32.0 Å². The summed E-state index contributed by atoms with van der Waals surface area (Å²) in [7, 11) is 2.01. The van der Waals surface area contributed by atoms with Gasteiger partial charge in [0.05, 0.1) is 19.3 Å². The van der Waals surface area contributed by atoms with Gasteiger partial charge >= 0.3 is 0 Å². The third-order valence-corrected chi connectivity index (χ3v) is 6.76. The summed E-state index contributed by atoms with van der Waals surface area (Å²) in [5.41, 5.74) is 4.17. The van der Waals surface area contributed by atoms with E-state index < -0.39 is 0 Å². The molecule has 1 unspecified atom stereocenters. The Hall–Kier alpha value is -3.40. The van der Waals surface area contributed by atoms with Crippen molar-refractivity contribution in [1.82, 2.24) is 19.9 Å². The van der Waals surface area contributed by atoms with Crippen LogP contribution in [0.5, 0.6) is 0 Å². The maximum atomic E-state index is 10.9. The second kappa shape index (κ2) is 9.84. The van der Waals surface area contributed by atoms with Gasteiger partial charge in [0.25, 0.3) is 0 Å². The number of carbonyl (C=O) groups excluding carboxylic acids is 1. The van der Waals surface area contributed by atoms with Crippen molar-refractivity contribution in [1.29, 1.82) is 0 Å². The fourth-order valence-corrected chi connectivity index (χ4v) is 4.79. The Morgan fingerprint density at radius 1 is 1.21 bits per heavy atom. The van der Waals surface area contributed by atoms with Crippen LogP contribution >= 0.6 is 11.3 Å². The number of thiazole rings is 1. The van der Waals surface area contributed by atoms with Crippen LogP contribution in [0, 0.1) is 6.92 Å². The first kappa shape index (κ1) is 22.4. The van der Waals surface area contributed by atoms with Crippen molar-refractivity contribution in [3.8, 4) is 0 Å². The molecule has 4 heterocycles. The molecule has 1 fully saturated rings. The fourth-order valence-electron chi connectivity index (χ4n) is 3.95. The smallest absolute Gasteiger partial charge is 0.190 e. The third-order valence-electron chi connectivity index (χ3n) is 5.88. The summed E-state index contributed by atoms with van der Waals surface area (Å²) in [6, 6.07) is 16.3. The van der Waals surface area contributed by atoms with Gasteiger partial charge in [-0.3, -0.25) is 4.90 Å². The number of aromatic nitrogens is 3. The summed E-state index contributed by atoms with van der Waals surface area (Å²) >= 11 is 1.49. The molecular formula is C25H26N6O2S. The average molecular weight is 475 g/mol. The molecule has 4 aromatic rings. The molecule has 1 aromatic carbocycles. The van der Waals surface area contributed by atoms with E-state index in [1.807, 2.05) is 31.3 Å². The van der Waals surface area contributed by atoms with E-state index in [2.05, 4.69) is 56.3 Å². The lowest BCUT2D eigenvalue weighted by Gasteiger charge is -2.31. The van der Waals surface area contributed by atoms with Crippen LogP contribution in [-0.2, 0) is 9.53 Å². The molecule has 1 aliphatic rings. The molecule has 0 saturated carbocycles. The topological polar surface area (TPSA) is 83.5 Å². The van der Waals surface area contributed by atoms with Crippen LogP contribution in [0.3, 0.4) is 0 Å². The number of anilines is 4. The highest BCUT2D eigenvalue weighted by Gasteiger charge is 2.22. The minimum atomic E-state index is -0.0887. The first-order valence-electron chi connectivity index (χ1n) is 11.2. The summed E-state index contributed by atoms with van der Waals surface area (Å²) < 4.78 is 5.93. The summed E-state index contributed by atoms with van der Waals surface area (Å²) in [5, 5.41) is 4.04. The lowest BCUT2D eigenvalue weighted by molar-refractivity contribution is -0.111. The number of nitrogens with zero attached hydrogens (tertiary/aromatic N) is 5. The SMILES string of the molecule is Cc1ccc(N(C)c2ccc3nc(Nc4cc(C5CN(CC=O)CCO5)ccn4)sc3n2)cc1. The number of fused-ring (bicyclic) bond motifs is 1. The molecule has 9 heteroatoms. The zero-order valence-electron chi connectivity index (χ0n) is 19.1. The molecular weight excluding hydrogens is 448 g/mol. The van der Waals surface area contributed by atoms with Crippen LogP contribution in [0.4, 0.5) is 22.5 Å². The number of nitrogens with one attached hydrogen (secondary N) is 1. The van der Waals surface area contributed by atoms with Crippen LogP contribution in [0.15, 0.2) is 54.7 Å². The first-order chi connectivity index (χ1) is 16.6. The van der Waals surface area contributed by atoms with Gasteiger partial charge in [-0.05, 0) is 48.9 Å². The lowest BCUT2D eigenvalue weighted by Crippen LogP contribution is -2.39. The third kappa shape index (κ3) is 4.91. The van der Waals surface area contributed by atoms with Crippen molar-refractivity contribution < 1.29 is 9.53 Å². The Kier molecular flexibility index (Phi) is 6.48. The zero-order chi connectivity index (χ0) is 23.5. The molecule has 1 saturated heterocycles. The molecule has 8 nitrogen and oxygen atoms in total. The predicted molar refractivity (Wildman–Crippen MR) is 135 cm³/mol. The second-order valence-electron chi connectivity index (χ2n) is 8.29. The molecule has 0 aliphatic carbocycles. The number of rotatable bonds is 7. The van der Waals surface area contributed by atoms with Gasteiger partial charge in [-0.2, -0.15) is 0 Å². The fraction of sp³-hybridized carbons (Fsp3) is 0.280. The van der Waals surface area contributed by atoms with Crippen molar-refractivity contribution >= 4 is 50.4 Å². The summed E-state index contributed by atoms with van der Waals surface area (Å²) in [6.45, 7) is 4.56. The summed E-state index contributed by atoms with van der Waals surface area (Å²) in [4.78, 5) is 29.8. The molecule has 1 N–H and O–H groups in total. The number of hydrogen-bond donors (Lipinski definition) is 1. The molecule has 1 aliphatic heterocycles. The van der Waals surface area contributed by atoms with Crippen molar-refractivity contribution in [2.75, 3.05) is 43.5 Å². The maximum absolute atomic E-state index is 10.9. The molecule has 0 amide bonds. The van der Waals surface area contributed by atoms with Gasteiger partial charge in [0.1, 0.15) is 28.3 Å². The lowest BCUT2D eigenvalue weighted by atomic mass is 10.1. The standard InChI is InChI=1S/C25H26N6O2S/c1-17-3-5-19(6-4-17)30(2)23-8-7-20-24(29-23)34-25(27-20)28-22-15-18(9-10-26-22)21-16-31(11-13-32)12-14-33-21/h3-10,13,15,21H,11-12,14,16H2,1-2H3,(H,26,27,28). The number of aldehydes is 1. The number of ether oxygens (including phenoxy) is 1. The van der Waals surface area contributed by atoms with Crippen LogP contribution in [0.2, 0.25) is 0 Å². The highest BCUT2D eigenvalue weighted by Crippen LogP contribution is 2.31. The molecule has 5 rings (SSSR count). The van der Waals surface area contributed by atoms with Crippen LogP contribution in [-0.4, -0.2) is 59.4 Å². The van der Waals surface area contributed by atoms with Gasteiger partial charge in [-0.15, -0.1) is 0 Å². The van der Waals surface area contributed by atoms with Crippen LogP contribution in [0.25, 0.3) is 10.3 Å². The summed E-state index contributed by atoms with van der Waals surface area (Å²) in [5.74, 6) is 1.56. The minimum Gasteiger partial charge on any atom is -0.371 e. The number of benzene rings is 1. The predicted octanol–water partition coefficient (Wildman–Crippen LogP) is 4.48. The van der Waals surface area contributed by atoms with Gasteiger partial charge < -0.3 is 19.7 Å². The van der Waals surface area contributed by atoms with Crippen molar-refractivity contribution in [3.63, 3.8) is 0 Å². The molecule has 174 valence electrons. The highest BCUT2D eigenvalue weighted by atomic mass is 32.1. The maximum Gasteiger partial charge on any atom is 0.190 e. The number of pyridine rings is 2. The molecule has 1 atom stereocenters. The number of carbonyl (C=O) groups is 1. The van der Waals surface area contributed by atoms with E-state index in [0.29, 0.717) is 25.5 Å². The Balaban J connectivity index is 1.33. The highest BCUT2D eigenvalue weighted by molar-refractivity contribution is 7.21. The van der Waals surface area contributed by atoms with Crippen LogP contribution in [0.1, 0.15) is 17.2 Å². The monoisotopic (exact) mass is 474 g/mol. The number of morpholine rings is 1. The normalized spacial score (nSPS) is 16.5. The van der Waals surface area contributed by atoms with E-state index in [1.54, 1.807) is 6.20 Å². The van der Waals surface area contributed by atoms with Crippen molar-refractivity contribution in [2.24, 2.45) is 0 Å². The molecule has 3 aromatic heterocycles. The Bertz CT molecular complexity index is 1290. The van der Waals surface area contributed by atoms with E-state index in [0.717, 1.165) is 45.4 Å². The largest absolute Gasteiger partial charge is 0.371 e. The molecule has 34 heavy (non-hydrogen) atoms. The Morgan fingerprint density at radius 3 is 2.88 bits per heavy atom. The summed E-state index contributed by atoms with van der Waals surface area (Å²) in [6.07, 6.45) is 2.61. The number of aryl methyl sites for hydroxylation is 1. The van der Waals surface area contributed by atoms with Gasteiger partial charge in [-0.25, -0.2) is 15.0 Å². The molecule has 0 spiro atoms. The van der Waals surface area contributed by atoms with E-state index in [-0.39, 0.29) is 6.10 Å². The van der Waals surface area contributed by atoms with Gasteiger partial charge in [0.15, 0.2) is 5.13 Å². The number of hydrogen-bond acceptors (Lipinski definition) is 9. The molecule has 0 bridgehead atoms. The zero-order valence-corrected chi connectivity index (χ0v) is 20.0. The van der Waals surface area contributed by atoms with Gasteiger partial charge in [0.2, 0.25) is 0 Å². The minimum absolute atomic E-state index is 0.0887.